The van der Waals surface area contributed by atoms with E-state index in [1.54, 1.807) is 0 Å². The number of aliphatic hydroxyl groups is 1. The van der Waals surface area contributed by atoms with Crippen molar-refractivity contribution in [1.82, 2.24) is 5.32 Å². The summed E-state index contributed by atoms with van der Waals surface area (Å²) >= 11 is 1.89. The van der Waals surface area contributed by atoms with Gasteiger partial charge in [0.15, 0.2) is 0 Å². The molecule has 0 amide bonds. The molecule has 0 radical (unpaired) electrons. The maximum absolute atomic E-state index is 9.38. The average Bonchev–Trinajstić information content (AvgIpc) is 2.94. The quantitative estimate of drug-likeness (QED) is 0.683. The minimum Gasteiger partial charge on any atom is -0.392 e. The van der Waals surface area contributed by atoms with Crippen LogP contribution in [0, 0.1) is 5.92 Å². The molecule has 0 bridgehead atoms. The van der Waals surface area contributed by atoms with E-state index in [1.807, 2.05) is 18.7 Å². The van der Waals surface area contributed by atoms with Crippen molar-refractivity contribution >= 4 is 11.8 Å². The fourth-order valence-electron chi connectivity index (χ4n) is 1.52. The van der Waals surface area contributed by atoms with Gasteiger partial charge in [-0.25, -0.2) is 0 Å². The van der Waals surface area contributed by atoms with Crippen molar-refractivity contribution in [1.29, 1.82) is 0 Å². The summed E-state index contributed by atoms with van der Waals surface area (Å²) in [4.78, 5) is 0. The molecule has 3 atom stereocenters. The van der Waals surface area contributed by atoms with Crippen LogP contribution in [0.15, 0.2) is 0 Å². The highest BCUT2D eigenvalue weighted by Gasteiger charge is 2.30. The van der Waals surface area contributed by atoms with Crippen LogP contribution in [0.25, 0.3) is 0 Å². The summed E-state index contributed by atoms with van der Waals surface area (Å²) in [6.07, 6.45) is 2.59. The van der Waals surface area contributed by atoms with Gasteiger partial charge in [-0.2, -0.15) is 11.8 Å². The van der Waals surface area contributed by atoms with Crippen molar-refractivity contribution in [2.24, 2.45) is 5.92 Å². The van der Waals surface area contributed by atoms with Gasteiger partial charge in [-0.3, -0.25) is 0 Å². The number of rotatable bonds is 7. The van der Waals surface area contributed by atoms with Crippen molar-refractivity contribution in [2.45, 2.75) is 51.0 Å². The molecule has 1 aliphatic rings. The van der Waals surface area contributed by atoms with Gasteiger partial charge >= 0.3 is 0 Å². The zero-order valence-corrected chi connectivity index (χ0v) is 10.3. The molecule has 0 aromatic carbocycles. The maximum Gasteiger partial charge on any atom is 0.0628 e. The van der Waals surface area contributed by atoms with Crippen LogP contribution in [-0.2, 0) is 0 Å². The molecular formula is C11H23NOS. The van der Waals surface area contributed by atoms with Gasteiger partial charge in [-0.15, -0.1) is 0 Å². The smallest absolute Gasteiger partial charge is 0.0628 e. The molecule has 3 heteroatoms. The van der Waals surface area contributed by atoms with Crippen molar-refractivity contribution in [3.05, 3.63) is 0 Å². The topological polar surface area (TPSA) is 32.3 Å². The lowest BCUT2D eigenvalue weighted by Crippen LogP contribution is -2.34. The number of hydrogen-bond donors (Lipinski definition) is 2. The van der Waals surface area contributed by atoms with Crippen LogP contribution < -0.4 is 5.32 Å². The summed E-state index contributed by atoms with van der Waals surface area (Å²) in [7, 11) is 0. The van der Waals surface area contributed by atoms with Crippen LogP contribution in [0.1, 0.15) is 33.6 Å². The molecule has 2 N–H and O–H groups in total. The summed E-state index contributed by atoms with van der Waals surface area (Å²) in [5.74, 6) is 2.05. The van der Waals surface area contributed by atoms with Gasteiger partial charge in [-0.05, 0) is 32.2 Å². The first-order chi connectivity index (χ1) is 6.65. The Kier molecular flexibility index (Phi) is 5.28. The number of hydrogen-bond acceptors (Lipinski definition) is 3. The fourth-order valence-corrected chi connectivity index (χ4v) is 2.70. The van der Waals surface area contributed by atoms with Crippen LogP contribution in [0.4, 0.5) is 0 Å². The lowest BCUT2D eigenvalue weighted by Gasteiger charge is -2.20. The van der Waals surface area contributed by atoms with Crippen molar-refractivity contribution in [2.75, 3.05) is 12.3 Å². The fraction of sp³-hybridized carbons (Fsp3) is 1.00. The van der Waals surface area contributed by atoms with E-state index in [1.165, 1.54) is 12.8 Å². The molecule has 0 spiro atoms. The van der Waals surface area contributed by atoms with E-state index in [4.69, 9.17) is 0 Å². The van der Waals surface area contributed by atoms with E-state index < -0.39 is 0 Å². The monoisotopic (exact) mass is 217 g/mol. The molecule has 1 aliphatic carbocycles. The average molecular weight is 217 g/mol. The molecule has 1 fully saturated rings. The molecular weight excluding hydrogens is 194 g/mol. The SMILES string of the molecule is CCNC(CSC(C)C(C)O)C1CC1. The summed E-state index contributed by atoms with van der Waals surface area (Å²) in [5.41, 5.74) is 0. The van der Waals surface area contributed by atoms with Gasteiger partial charge in [-0.1, -0.05) is 13.8 Å². The van der Waals surface area contributed by atoms with Crippen molar-refractivity contribution in [3.8, 4) is 0 Å². The van der Waals surface area contributed by atoms with Gasteiger partial charge < -0.3 is 10.4 Å². The van der Waals surface area contributed by atoms with Crippen LogP contribution >= 0.6 is 11.8 Å². The predicted octanol–water partition coefficient (Wildman–Crippen LogP) is 1.88. The lowest BCUT2D eigenvalue weighted by molar-refractivity contribution is 0.196. The molecule has 1 rings (SSSR count). The van der Waals surface area contributed by atoms with E-state index in [-0.39, 0.29) is 6.10 Å². The van der Waals surface area contributed by atoms with E-state index in [9.17, 15) is 5.11 Å². The van der Waals surface area contributed by atoms with Gasteiger partial charge in [0, 0.05) is 17.0 Å². The summed E-state index contributed by atoms with van der Waals surface area (Å²) in [5, 5.41) is 13.3. The van der Waals surface area contributed by atoms with Crippen LogP contribution in [0.2, 0.25) is 0 Å². The van der Waals surface area contributed by atoms with E-state index in [0.29, 0.717) is 11.3 Å². The third kappa shape index (κ3) is 4.20. The van der Waals surface area contributed by atoms with Gasteiger partial charge in [0.25, 0.3) is 0 Å². The minimum absolute atomic E-state index is 0.193. The Morgan fingerprint density at radius 2 is 2.07 bits per heavy atom. The highest BCUT2D eigenvalue weighted by molar-refractivity contribution is 7.99. The molecule has 3 unspecified atom stereocenters. The predicted molar refractivity (Wildman–Crippen MR) is 63.8 cm³/mol. The van der Waals surface area contributed by atoms with E-state index in [0.717, 1.165) is 18.2 Å². The minimum atomic E-state index is -0.193. The number of aliphatic hydroxyl groups excluding tert-OH is 1. The Labute approximate surface area is 91.9 Å². The van der Waals surface area contributed by atoms with Gasteiger partial charge in [0.1, 0.15) is 0 Å². The molecule has 2 nitrogen and oxygen atoms in total. The Hall–Kier alpha value is 0.270. The molecule has 1 saturated carbocycles. The molecule has 0 aromatic heterocycles. The normalized spacial score (nSPS) is 23.1. The van der Waals surface area contributed by atoms with E-state index >= 15 is 0 Å². The highest BCUT2D eigenvalue weighted by Crippen LogP contribution is 2.34. The molecule has 0 saturated heterocycles. The number of nitrogens with one attached hydrogen (secondary N) is 1. The second kappa shape index (κ2) is 5.99. The Bertz CT molecular complexity index is 159. The summed E-state index contributed by atoms with van der Waals surface area (Å²) in [6, 6.07) is 0.672. The summed E-state index contributed by atoms with van der Waals surface area (Å²) in [6.45, 7) is 7.20. The van der Waals surface area contributed by atoms with Crippen molar-refractivity contribution in [3.63, 3.8) is 0 Å². The Balaban J connectivity index is 2.18. The maximum atomic E-state index is 9.38. The second-order valence-electron chi connectivity index (χ2n) is 4.28. The Morgan fingerprint density at radius 3 is 2.50 bits per heavy atom. The standard InChI is InChI=1S/C11H23NOS/c1-4-12-11(10-5-6-10)7-14-9(3)8(2)13/h8-13H,4-7H2,1-3H3. The number of thioether (sulfide) groups is 1. The lowest BCUT2D eigenvalue weighted by atomic mass is 10.2. The zero-order chi connectivity index (χ0) is 10.6. The molecule has 0 heterocycles. The van der Waals surface area contributed by atoms with Gasteiger partial charge in [0.05, 0.1) is 6.10 Å². The van der Waals surface area contributed by atoms with Crippen LogP contribution in [-0.4, -0.2) is 34.8 Å². The zero-order valence-electron chi connectivity index (χ0n) is 9.49. The van der Waals surface area contributed by atoms with Crippen molar-refractivity contribution < 1.29 is 5.11 Å². The highest BCUT2D eigenvalue weighted by atomic mass is 32.2. The summed E-state index contributed by atoms with van der Waals surface area (Å²) < 4.78 is 0. The second-order valence-corrected chi connectivity index (χ2v) is 5.69. The third-order valence-electron chi connectivity index (χ3n) is 2.88. The molecule has 84 valence electrons. The molecule has 0 aromatic rings. The van der Waals surface area contributed by atoms with E-state index in [2.05, 4.69) is 19.2 Å². The first kappa shape index (κ1) is 12.3. The van der Waals surface area contributed by atoms with Crippen LogP contribution in [0.3, 0.4) is 0 Å². The molecule has 14 heavy (non-hydrogen) atoms. The first-order valence-electron chi connectivity index (χ1n) is 5.68. The Morgan fingerprint density at radius 1 is 1.43 bits per heavy atom. The molecule has 0 aliphatic heterocycles. The largest absolute Gasteiger partial charge is 0.392 e. The van der Waals surface area contributed by atoms with Crippen LogP contribution in [0.5, 0.6) is 0 Å². The first-order valence-corrected chi connectivity index (χ1v) is 6.73. The van der Waals surface area contributed by atoms with Gasteiger partial charge in [0.2, 0.25) is 0 Å². The third-order valence-corrected chi connectivity index (χ3v) is 4.35.